The Balaban J connectivity index is 2.18. The first-order valence-corrected chi connectivity index (χ1v) is 9.01. The zero-order valence-electron chi connectivity index (χ0n) is 14.3. The van der Waals surface area contributed by atoms with Crippen molar-refractivity contribution < 1.29 is 4.79 Å². The summed E-state index contributed by atoms with van der Waals surface area (Å²) in [6.07, 6.45) is 1.05. The standard InChI is InChI=1S/C17H21N5O2S/c1-3-11-22-16(24)19-20-17(22)25-13(2)15(23)21(12-7-10-18)14-8-5-4-6-9-14/h4-6,8-9,13H,3,7,11-12H2,1-2H3,(H,19,24)/t13-/m1/s1. The van der Waals surface area contributed by atoms with Crippen LogP contribution in [0.2, 0.25) is 0 Å². The molecule has 8 heteroatoms. The molecule has 0 saturated heterocycles. The van der Waals surface area contributed by atoms with Crippen LogP contribution in [-0.2, 0) is 11.3 Å². The van der Waals surface area contributed by atoms with E-state index in [0.29, 0.717) is 18.2 Å². The number of H-pyrrole nitrogens is 1. The molecule has 0 aliphatic heterocycles. The fraction of sp³-hybridized carbons (Fsp3) is 0.412. The maximum Gasteiger partial charge on any atom is 0.343 e. The van der Waals surface area contributed by atoms with Crippen molar-refractivity contribution in [2.75, 3.05) is 11.4 Å². The molecule has 1 aromatic heterocycles. The van der Waals surface area contributed by atoms with Crippen molar-refractivity contribution in [1.82, 2.24) is 14.8 Å². The van der Waals surface area contributed by atoms with Crippen molar-refractivity contribution in [3.63, 3.8) is 0 Å². The summed E-state index contributed by atoms with van der Waals surface area (Å²) in [5.41, 5.74) is 0.483. The molecule has 0 fully saturated rings. The number of nitriles is 1. The minimum Gasteiger partial charge on any atom is -0.310 e. The molecule has 2 aromatic rings. The van der Waals surface area contributed by atoms with Gasteiger partial charge in [0.25, 0.3) is 0 Å². The lowest BCUT2D eigenvalue weighted by molar-refractivity contribution is -0.117. The summed E-state index contributed by atoms with van der Waals surface area (Å²) in [5, 5.41) is 15.4. The second-order valence-electron chi connectivity index (χ2n) is 5.46. The molecule has 25 heavy (non-hydrogen) atoms. The smallest absolute Gasteiger partial charge is 0.310 e. The fourth-order valence-corrected chi connectivity index (χ4v) is 3.32. The molecule has 132 valence electrons. The Morgan fingerprint density at radius 2 is 2.16 bits per heavy atom. The molecular formula is C17H21N5O2S. The number of aromatic nitrogens is 3. The van der Waals surface area contributed by atoms with E-state index in [-0.39, 0.29) is 18.0 Å². The van der Waals surface area contributed by atoms with Gasteiger partial charge >= 0.3 is 5.69 Å². The summed E-state index contributed by atoms with van der Waals surface area (Å²) in [6.45, 7) is 4.63. The molecule has 1 atom stereocenters. The maximum atomic E-state index is 12.9. The van der Waals surface area contributed by atoms with Crippen molar-refractivity contribution in [2.45, 2.75) is 43.6 Å². The third kappa shape index (κ3) is 4.73. The Labute approximate surface area is 150 Å². The summed E-state index contributed by atoms with van der Waals surface area (Å²) in [6, 6.07) is 11.3. The highest BCUT2D eigenvalue weighted by molar-refractivity contribution is 8.00. The van der Waals surface area contributed by atoms with Gasteiger partial charge in [-0.25, -0.2) is 9.89 Å². The normalized spacial score (nSPS) is 11.7. The number of carbonyl (C=O) groups is 1. The number of nitrogens with zero attached hydrogens (tertiary/aromatic N) is 4. The van der Waals surface area contributed by atoms with Gasteiger partial charge in [-0.2, -0.15) is 5.26 Å². The number of nitrogens with one attached hydrogen (secondary N) is 1. The van der Waals surface area contributed by atoms with Gasteiger partial charge in [-0.15, -0.1) is 5.10 Å². The van der Waals surface area contributed by atoms with E-state index in [1.54, 1.807) is 11.8 Å². The first kappa shape index (κ1) is 18.8. The van der Waals surface area contributed by atoms with E-state index in [4.69, 9.17) is 5.26 Å². The number of rotatable bonds is 8. The molecule has 0 spiro atoms. The number of anilines is 1. The second-order valence-corrected chi connectivity index (χ2v) is 6.76. The highest BCUT2D eigenvalue weighted by Gasteiger charge is 2.24. The van der Waals surface area contributed by atoms with Crippen LogP contribution >= 0.6 is 11.8 Å². The molecular weight excluding hydrogens is 338 g/mol. The maximum absolute atomic E-state index is 12.9. The molecule has 1 aromatic carbocycles. The summed E-state index contributed by atoms with van der Waals surface area (Å²) in [7, 11) is 0. The SMILES string of the molecule is CCCn1c(S[C@H](C)C(=O)N(CCC#N)c2ccccc2)n[nH]c1=O. The number of amides is 1. The number of aromatic amines is 1. The summed E-state index contributed by atoms with van der Waals surface area (Å²) < 4.78 is 1.54. The van der Waals surface area contributed by atoms with Crippen LogP contribution in [0.1, 0.15) is 26.7 Å². The summed E-state index contributed by atoms with van der Waals surface area (Å²) in [4.78, 5) is 26.3. The first-order valence-electron chi connectivity index (χ1n) is 8.13. The molecule has 0 bridgehead atoms. The van der Waals surface area contributed by atoms with Crippen LogP contribution < -0.4 is 10.6 Å². The van der Waals surface area contributed by atoms with E-state index in [1.165, 1.54) is 16.3 Å². The molecule has 0 saturated carbocycles. The zero-order chi connectivity index (χ0) is 18.2. The Bertz CT molecular complexity index is 793. The number of hydrogen-bond acceptors (Lipinski definition) is 5. The van der Waals surface area contributed by atoms with Gasteiger partial charge in [-0.1, -0.05) is 36.9 Å². The molecule has 2 rings (SSSR count). The molecule has 7 nitrogen and oxygen atoms in total. The molecule has 0 aliphatic rings. The van der Waals surface area contributed by atoms with Crippen molar-refractivity contribution >= 4 is 23.4 Å². The van der Waals surface area contributed by atoms with Gasteiger partial charge in [-0.05, 0) is 25.5 Å². The van der Waals surface area contributed by atoms with Gasteiger partial charge in [0.1, 0.15) is 0 Å². The molecule has 0 unspecified atom stereocenters. The van der Waals surface area contributed by atoms with Crippen LogP contribution in [0.15, 0.2) is 40.3 Å². The van der Waals surface area contributed by atoms with E-state index in [0.717, 1.165) is 12.1 Å². The number of para-hydroxylation sites is 1. The number of carbonyl (C=O) groups excluding carboxylic acids is 1. The van der Waals surface area contributed by atoms with Gasteiger partial charge in [0.2, 0.25) is 5.91 Å². The van der Waals surface area contributed by atoms with Crippen molar-refractivity contribution in [1.29, 1.82) is 5.26 Å². The lowest BCUT2D eigenvalue weighted by atomic mass is 10.2. The minimum absolute atomic E-state index is 0.120. The van der Waals surface area contributed by atoms with E-state index in [1.807, 2.05) is 37.3 Å². The van der Waals surface area contributed by atoms with Crippen LogP contribution in [0.5, 0.6) is 0 Å². The van der Waals surface area contributed by atoms with Gasteiger partial charge in [0.05, 0.1) is 17.7 Å². The van der Waals surface area contributed by atoms with Crippen LogP contribution in [0.25, 0.3) is 0 Å². The average Bonchev–Trinajstić information content (AvgIpc) is 2.96. The first-order chi connectivity index (χ1) is 12.1. The van der Waals surface area contributed by atoms with Crippen LogP contribution in [0, 0.1) is 11.3 Å². The lowest BCUT2D eigenvalue weighted by Gasteiger charge is -2.24. The largest absolute Gasteiger partial charge is 0.343 e. The fourth-order valence-electron chi connectivity index (χ4n) is 2.38. The number of hydrogen-bond donors (Lipinski definition) is 1. The highest BCUT2D eigenvalue weighted by Crippen LogP contribution is 2.24. The third-order valence-electron chi connectivity index (χ3n) is 3.58. The molecule has 1 amide bonds. The van der Waals surface area contributed by atoms with Crippen LogP contribution in [0.3, 0.4) is 0 Å². The van der Waals surface area contributed by atoms with Crippen molar-refractivity contribution in [2.24, 2.45) is 0 Å². The Morgan fingerprint density at radius 1 is 1.44 bits per heavy atom. The molecule has 0 aliphatic carbocycles. The molecule has 1 heterocycles. The van der Waals surface area contributed by atoms with Crippen LogP contribution in [0.4, 0.5) is 5.69 Å². The van der Waals surface area contributed by atoms with Gasteiger partial charge in [0, 0.05) is 18.8 Å². The minimum atomic E-state index is -0.440. The molecule has 0 radical (unpaired) electrons. The van der Waals surface area contributed by atoms with E-state index in [9.17, 15) is 9.59 Å². The van der Waals surface area contributed by atoms with Gasteiger partial charge in [0.15, 0.2) is 5.16 Å². The number of benzene rings is 1. The molecule has 1 N–H and O–H groups in total. The van der Waals surface area contributed by atoms with E-state index >= 15 is 0 Å². The third-order valence-corrected chi connectivity index (χ3v) is 4.66. The van der Waals surface area contributed by atoms with E-state index < -0.39 is 5.25 Å². The monoisotopic (exact) mass is 359 g/mol. The van der Waals surface area contributed by atoms with Crippen LogP contribution in [-0.4, -0.2) is 32.5 Å². The van der Waals surface area contributed by atoms with Crippen molar-refractivity contribution in [3.05, 3.63) is 40.8 Å². The summed E-state index contributed by atoms with van der Waals surface area (Å²) in [5.74, 6) is -0.120. The van der Waals surface area contributed by atoms with Crippen molar-refractivity contribution in [3.8, 4) is 6.07 Å². The quantitative estimate of drug-likeness (QED) is 0.730. The summed E-state index contributed by atoms with van der Waals surface area (Å²) >= 11 is 1.24. The highest BCUT2D eigenvalue weighted by atomic mass is 32.2. The van der Waals surface area contributed by atoms with E-state index in [2.05, 4.69) is 16.3 Å². The Hall–Kier alpha value is -2.53. The van der Waals surface area contributed by atoms with Gasteiger partial charge < -0.3 is 4.90 Å². The topological polar surface area (TPSA) is 94.8 Å². The Morgan fingerprint density at radius 3 is 2.80 bits per heavy atom. The number of thioether (sulfide) groups is 1. The second kappa shape index (κ2) is 9.08. The average molecular weight is 359 g/mol. The predicted octanol–water partition coefficient (Wildman–Crippen LogP) is 2.41. The van der Waals surface area contributed by atoms with Gasteiger partial charge in [-0.3, -0.25) is 9.36 Å². The lowest BCUT2D eigenvalue weighted by Crippen LogP contribution is -2.37. The predicted molar refractivity (Wildman–Crippen MR) is 97.5 cm³/mol. The zero-order valence-corrected chi connectivity index (χ0v) is 15.1. The Kier molecular flexibility index (Phi) is 6.83.